The second-order valence-corrected chi connectivity index (χ2v) is 8.69. The fraction of sp³-hybridized carbons (Fsp3) is 0. The lowest BCUT2D eigenvalue weighted by molar-refractivity contribution is 0.669. The summed E-state index contributed by atoms with van der Waals surface area (Å²) in [7, 11) is 0. The molecule has 0 bridgehead atoms. The summed E-state index contributed by atoms with van der Waals surface area (Å²) in [5, 5.41) is 7.28. The van der Waals surface area contributed by atoms with Crippen LogP contribution in [-0.4, -0.2) is 9.55 Å². The number of nitrogens with zero attached hydrogens (tertiary/aromatic N) is 1. The highest BCUT2D eigenvalue weighted by Gasteiger charge is 2.18. The van der Waals surface area contributed by atoms with Crippen molar-refractivity contribution >= 4 is 65.6 Å². The van der Waals surface area contributed by atoms with Crippen molar-refractivity contribution in [1.82, 2.24) is 9.55 Å². The van der Waals surface area contributed by atoms with Gasteiger partial charge >= 0.3 is 0 Å². The molecule has 3 heteroatoms. The Kier molecular flexibility index (Phi) is 3.14. The SMILES string of the molecule is c1ccc(-n2c3ccccc3c3cc4c(cc32)oc2ccc3[nH]c5ccccc5c3c24)cc1. The van der Waals surface area contributed by atoms with Gasteiger partial charge in [0.05, 0.1) is 11.0 Å². The Bertz CT molecular complexity index is 2020. The Morgan fingerprint density at radius 1 is 0.515 bits per heavy atom. The molecule has 5 aromatic carbocycles. The average molecular weight is 422 g/mol. The summed E-state index contributed by atoms with van der Waals surface area (Å²) in [4.78, 5) is 3.57. The van der Waals surface area contributed by atoms with Crippen molar-refractivity contribution in [2.24, 2.45) is 0 Å². The Labute approximate surface area is 188 Å². The molecule has 3 heterocycles. The third-order valence-electron chi connectivity index (χ3n) is 6.91. The lowest BCUT2D eigenvalue weighted by Gasteiger charge is -2.07. The van der Waals surface area contributed by atoms with Crippen LogP contribution in [0.2, 0.25) is 0 Å². The van der Waals surface area contributed by atoms with E-state index in [1.165, 1.54) is 32.4 Å². The van der Waals surface area contributed by atoms with Crippen LogP contribution in [-0.2, 0) is 0 Å². The van der Waals surface area contributed by atoms with Crippen molar-refractivity contribution < 1.29 is 4.42 Å². The van der Waals surface area contributed by atoms with Gasteiger partial charge in [-0.25, -0.2) is 0 Å². The molecule has 8 rings (SSSR count). The molecule has 8 aromatic rings. The van der Waals surface area contributed by atoms with Gasteiger partial charge in [0.25, 0.3) is 0 Å². The van der Waals surface area contributed by atoms with Crippen LogP contribution in [0, 0.1) is 0 Å². The normalized spacial score (nSPS) is 12.2. The second kappa shape index (κ2) is 6.05. The molecule has 0 saturated heterocycles. The van der Waals surface area contributed by atoms with Gasteiger partial charge in [-0.3, -0.25) is 0 Å². The van der Waals surface area contributed by atoms with Gasteiger partial charge < -0.3 is 14.0 Å². The quantitative estimate of drug-likeness (QED) is 0.283. The van der Waals surface area contributed by atoms with E-state index in [9.17, 15) is 0 Å². The van der Waals surface area contributed by atoms with E-state index < -0.39 is 0 Å². The lowest BCUT2D eigenvalue weighted by Crippen LogP contribution is -1.92. The van der Waals surface area contributed by atoms with Crippen LogP contribution < -0.4 is 0 Å². The maximum absolute atomic E-state index is 6.45. The summed E-state index contributed by atoms with van der Waals surface area (Å²) < 4.78 is 8.78. The van der Waals surface area contributed by atoms with Crippen LogP contribution in [0.3, 0.4) is 0 Å². The predicted octanol–water partition coefficient (Wildman–Crippen LogP) is 8.32. The first kappa shape index (κ1) is 17.1. The van der Waals surface area contributed by atoms with Crippen molar-refractivity contribution in [3.63, 3.8) is 0 Å². The number of rotatable bonds is 1. The minimum Gasteiger partial charge on any atom is -0.456 e. The first-order valence-corrected chi connectivity index (χ1v) is 11.2. The van der Waals surface area contributed by atoms with Crippen molar-refractivity contribution in [2.75, 3.05) is 0 Å². The number of benzene rings is 5. The molecule has 0 aliphatic heterocycles. The largest absolute Gasteiger partial charge is 0.456 e. The Hall–Kier alpha value is -4.50. The monoisotopic (exact) mass is 422 g/mol. The summed E-state index contributed by atoms with van der Waals surface area (Å²) in [6.07, 6.45) is 0. The van der Waals surface area contributed by atoms with Crippen LogP contribution in [0.4, 0.5) is 0 Å². The Morgan fingerprint density at radius 2 is 1.30 bits per heavy atom. The summed E-state index contributed by atoms with van der Waals surface area (Å²) in [5.41, 5.74) is 7.63. The number of hydrogen-bond donors (Lipinski definition) is 1. The van der Waals surface area contributed by atoms with E-state index >= 15 is 0 Å². The molecule has 33 heavy (non-hydrogen) atoms. The van der Waals surface area contributed by atoms with Gasteiger partial charge in [-0.15, -0.1) is 0 Å². The van der Waals surface area contributed by atoms with Crippen LogP contribution >= 0.6 is 0 Å². The fourth-order valence-corrected chi connectivity index (χ4v) is 5.52. The maximum atomic E-state index is 6.45. The number of nitrogens with one attached hydrogen (secondary N) is 1. The molecule has 0 radical (unpaired) electrons. The molecule has 0 fully saturated rings. The van der Waals surface area contributed by atoms with Gasteiger partial charge in [0.15, 0.2) is 0 Å². The number of furan rings is 1. The third kappa shape index (κ3) is 2.18. The summed E-state index contributed by atoms with van der Waals surface area (Å²) in [5.74, 6) is 0. The molecule has 154 valence electrons. The van der Waals surface area contributed by atoms with Crippen LogP contribution in [0.1, 0.15) is 0 Å². The third-order valence-corrected chi connectivity index (χ3v) is 6.91. The van der Waals surface area contributed by atoms with E-state index in [1.807, 2.05) is 0 Å². The number of H-pyrrole nitrogens is 1. The zero-order chi connectivity index (χ0) is 21.5. The Balaban J connectivity index is 1.59. The molecule has 0 unspecified atom stereocenters. The van der Waals surface area contributed by atoms with Gasteiger partial charge in [-0.1, -0.05) is 54.6 Å². The van der Waals surface area contributed by atoms with E-state index in [2.05, 4.69) is 113 Å². The molecule has 0 aliphatic carbocycles. The van der Waals surface area contributed by atoms with E-state index in [0.717, 1.165) is 38.8 Å². The Morgan fingerprint density at radius 3 is 2.21 bits per heavy atom. The van der Waals surface area contributed by atoms with E-state index in [-0.39, 0.29) is 0 Å². The van der Waals surface area contributed by atoms with E-state index in [4.69, 9.17) is 4.42 Å². The standard InChI is InChI=1S/C30H18N2O/c1-2-8-18(9-3-1)32-25-13-7-5-10-19(25)21-16-22-28(17-26(21)32)33-27-15-14-24-29(30(22)27)20-11-4-6-12-23(20)31-24/h1-17,31H. The molecule has 3 aromatic heterocycles. The van der Waals surface area contributed by atoms with Crippen LogP contribution in [0.15, 0.2) is 108 Å². The summed E-state index contributed by atoms with van der Waals surface area (Å²) in [6.45, 7) is 0. The van der Waals surface area contributed by atoms with Crippen LogP contribution in [0.25, 0.3) is 71.2 Å². The molecule has 0 aliphatic rings. The second-order valence-electron chi connectivity index (χ2n) is 8.69. The first-order valence-electron chi connectivity index (χ1n) is 11.2. The summed E-state index contributed by atoms with van der Waals surface area (Å²) in [6, 6.07) is 36.4. The number of para-hydroxylation sites is 3. The molecule has 0 atom stereocenters. The highest BCUT2D eigenvalue weighted by atomic mass is 16.3. The molecular formula is C30H18N2O. The minimum absolute atomic E-state index is 0.912. The van der Waals surface area contributed by atoms with Gasteiger partial charge in [-0.05, 0) is 42.5 Å². The minimum atomic E-state index is 0.912. The zero-order valence-electron chi connectivity index (χ0n) is 17.7. The van der Waals surface area contributed by atoms with Crippen molar-refractivity contribution in [2.45, 2.75) is 0 Å². The fourth-order valence-electron chi connectivity index (χ4n) is 5.52. The molecule has 3 nitrogen and oxygen atoms in total. The topological polar surface area (TPSA) is 33.9 Å². The number of aromatic nitrogens is 2. The van der Waals surface area contributed by atoms with Gasteiger partial charge in [0.1, 0.15) is 11.2 Å². The van der Waals surface area contributed by atoms with Crippen molar-refractivity contribution in [3.8, 4) is 5.69 Å². The van der Waals surface area contributed by atoms with E-state index in [0.29, 0.717) is 0 Å². The number of fused-ring (bicyclic) bond motifs is 10. The highest BCUT2D eigenvalue weighted by Crippen LogP contribution is 2.42. The highest BCUT2D eigenvalue weighted by molar-refractivity contribution is 6.28. The lowest BCUT2D eigenvalue weighted by atomic mass is 10.0. The zero-order valence-corrected chi connectivity index (χ0v) is 17.7. The summed E-state index contributed by atoms with van der Waals surface area (Å²) >= 11 is 0. The predicted molar refractivity (Wildman–Crippen MR) is 137 cm³/mol. The molecule has 0 spiro atoms. The smallest absolute Gasteiger partial charge is 0.137 e. The number of aromatic amines is 1. The maximum Gasteiger partial charge on any atom is 0.137 e. The van der Waals surface area contributed by atoms with E-state index in [1.54, 1.807) is 0 Å². The van der Waals surface area contributed by atoms with Crippen molar-refractivity contribution in [1.29, 1.82) is 0 Å². The molecule has 0 saturated carbocycles. The molecule has 1 N–H and O–H groups in total. The van der Waals surface area contributed by atoms with Crippen LogP contribution in [0.5, 0.6) is 0 Å². The number of hydrogen-bond acceptors (Lipinski definition) is 1. The first-order chi connectivity index (χ1) is 16.4. The van der Waals surface area contributed by atoms with Gasteiger partial charge in [0, 0.05) is 55.1 Å². The van der Waals surface area contributed by atoms with Gasteiger partial charge in [0.2, 0.25) is 0 Å². The molecule has 0 amide bonds. The van der Waals surface area contributed by atoms with Gasteiger partial charge in [-0.2, -0.15) is 0 Å². The van der Waals surface area contributed by atoms with Crippen molar-refractivity contribution in [3.05, 3.63) is 103 Å². The molecular weight excluding hydrogens is 404 g/mol. The average Bonchev–Trinajstić information content (AvgIpc) is 3.51.